The van der Waals surface area contributed by atoms with E-state index in [1.807, 2.05) is 0 Å². The van der Waals surface area contributed by atoms with Crippen molar-refractivity contribution in [2.45, 2.75) is 0 Å². The Morgan fingerprint density at radius 3 is 2.11 bits per heavy atom. The summed E-state index contributed by atoms with van der Waals surface area (Å²) in [6.45, 7) is 4.94. The molecule has 1 aliphatic rings. The Balaban J connectivity index is 2.18. The van der Waals surface area contributed by atoms with Crippen LogP contribution < -0.4 is 0 Å². The van der Waals surface area contributed by atoms with Crippen LogP contribution in [0.25, 0.3) is 0 Å². The zero-order valence-corrected chi connectivity index (χ0v) is 9.50. The fraction of sp³-hybridized carbons (Fsp3) is 1.00. The molecular weight excluding hydrogens is 342 g/mol. The third kappa shape index (κ3) is 2.85. The molecule has 0 bridgehead atoms. The first-order valence-electron chi connectivity index (χ1n) is 3.02. The monoisotopic (exact) mass is 352 g/mol. The topological polar surface area (TPSA) is 6.48 Å². The lowest BCUT2D eigenvalue weighted by molar-refractivity contribution is 0.241. The zero-order valence-electron chi connectivity index (χ0n) is 5.19. The van der Waals surface area contributed by atoms with Crippen LogP contribution in [0, 0.1) is 0 Å². The van der Waals surface area contributed by atoms with E-state index in [2.05, 4.69) is 53.5 Å². The van der Waals surface area contributed by atoms with Crippen molar-refractivity contribution in [2.24, 2.45) is 0 Å². The van der Waals surface area contributed by atoms with Crippen molar-refractivity contribution >= 4 is 45.5 Å². The highest BCUT2D eigenvalue weighted by Gasteiger charge is 2.12. The summed E-state index contributed by atoms with van der Waals surface area (Å²) in [7, 11) is 0. The molecule has 4 heteroatoms. The summed E-state index contributed by atoms with van der Waals surface area (Å²) >= 11 is 4.81. The van der Waals surface area contributed by atoms with E-state index in [9.17, 15) is 0 Å². The van der Waals surface area contributed by atoms with Gasteiger partial charge >= 0.3 is 0 Å². The van der Waals surface area contributed by atoms with Crippen LogP contribution in [0.2, 0.25) is 0 Å². The van der Waals surface area contributed by atoms with Gasteiger partial charge in [0.2, 0.25) is 0 Å². The summed E-state index contributed by atoms with van der Waals surface area (Å²) < 4.78 is 3.53. The summed E-state index contributed by atoms with van der Waals surface area (Å²) in [4.78, 5) is 2.47. The summed E-state index contributed by atoms with van der Waals surface area (Å²) in [6, 6.07) is 0. The molecule has 9 heavy (non-hydrogen) atoms. The fourth-order valence-corrected chi connectivity index (χ4v) is 1.96. The lowest BCUT2D eigenvalue weighted by Gasteiger charge is -2.29. The Morgan fingerprint density at radius 2 is 1.67 bits per heavy atom. The van der Waals surface area contributed by atoms with Gasteiger partial charge in [-0.3, -0.25) is 4.90 Å². The van der Waals surface area contributed by atoms with Gasteiger partial charge in [0, 0.05) is 49.0 Å². The Bertz CT molecular complexity index is 81.0. The van der Waals surface area contributed by atoms with E-state index in [0.717, 1.165) is 0 Å². The van der Waals surface area contributed by atoms with Gasteiger partial charge in [0.15, 0.2) is 0 Å². The fourth-order valence-electron chi connectivity index (χ4n) is 0.843. The number of hydrogen-bond acceptors (Lipinski definition) is 2. The summed E-state index contributed by atoms with van der Waals surface area (Å²) in [5, 5.41) is 0. The SMILES string of the molecule is ICN1CCN(I)CC1. The molecule has 2 nitrogen and oxygen atoms in total. The predicted octanol–water partition coefficient (Wildman–Crippen LogP) is 1.35. The second kappa shape index (κ2) is 4.30. The first kappa shape index (κ1) is 8.48. The van der Waals surface area contributed by atoms with Gasteiger partial charge in [0.1, 0.15) is 0 Å². The highest BCUT2D eigenvalue weighted by molar-refractivity contribution is 14.1. The molecule has 1 rings (SSSR count). The molecule has 54 valence electrons. The minimum atomic E-state index is 1.18. The Labute approximate surface area is 83.6 Å². The average molecular weight is 352 g/mol. The van der Waals surface area contributed by atoms with E-state index in [1.165, 1.54) is 30.7 Å². The number of piperazine rings is 1. The van der Waals surface area contributed by atoms with Crippen LogP contribution >= 0.6 is 45.5 Å². The summed E-state index contributed by atoms with van der Waals surface area (Å²) in [5.74, 6) is 0. The van der Waals surface area contributed by atoms with Crippen molar-refractivity contribution in [1.29, 1.82) is 0 Å². The normalized spacial score (nSPS) is 24.7. The quantitative estimate of drug-likeness (QED) is 0.304. The molecule has 0 aromatic rings. The Morgan fingerprint density at radius 1 is 1.11 bits per heavy atom. The molecule has 1 fully saturated rings. The predicted molar refractivity (Wildman–Crippen MR) is 56.1 cm³/mol. The molecule has 1 saturated heterocycles. The molecule has 0 unspecified atom stereocenters. The number of nitrogens with zero attached hydrogens (tertiary/aromatic N) is 2. The molecule has 0 aliphatic carbocycles. The Kier molecular flexibility index (Phi) is 4.05. The third-order valence-corrected chi connectivity index (χ3v) is 3.42. The first-order chi connectivity index (χ1) is 4.33. The summed E-state index contributed by atoms with van der Waals surface area (Å²) in [5.41, 5.74) is 0. The van der Waals surface area contributed by atoms with E-state index < -0.39 is 0 Å². The maximum Gasteiger partial charge on any atom is 0.0506 e. The molecule has 0 N–H and O–H groups in total. The van der Waals surface area contributed by atoms with Gasteiger partial charge in [0.05, 0.1) is 4.55 Å². The number of rotatable bonds is 1. The van der Waals surface area contributed by atoms with Gasteiger partial charge < -0.3 is 0 Å². The van der Waals surface area contributed by atoms with Gasteiger partial charge in [-0.2, -0.15) is 0 Å². The molecule has 0 aromatic heterocycles. The second-order valence-electron chi connectivity index (χ2n) is 2.15. The number of hydrogen-bond donors (Lipinski definition) is 0. The van der Waals surface area contributed by atoms with Crippen LogP contribution in [-0.4, -0.2) is 38.7 Å². The average Bonchev–Trinajstić information content (AvgIpc) is 1.90. The molecule has 0 saturated carbocycles. The second-order valence-corrected chi connectivity index (χ2v) is 4.19. The lowest BCUT2D eigenvalue weighted by atomic mass is 10.4. The molecule has 1 aliphatic heterocycles. The Hall–Kier alpha value is 1.38. The van der Waals surface area contributed by atoms with Crippen molar-refractivity contribution in [3.8, 4) is 0 Å². The molecule has 0 spiro atoms. The van der Waals surface area contributed by atoms with Crippen LogP contribution in [0.4, 0.5) is 0 Å². The van der Waals surface area contributed by atoms with Crippen LogP contribution in [0.3, 0.4) is 0 Å². The third-order valence-electron chi connectivity index (χ3n) is 1.49. The van der Waals surface area contributed by atoms with Gasteiger partial charge in [-0.15, -0.1) is 0 Å². The van der Waals surface area contributed by atoms with E-state index in [4.69, 9.17) is 0 Å². The minimum absolute atomic E-state index is 1.18. The van der Waals surface area contributed by atoms with Gasteiger partial charge in [0.25, 0.3) is 0 Å². The molecule has 0 atom stereocenters. The number of alkyl halides is 1. The largest absolute Gasteiger partial charge is 0.292 e. The highest BCUT2D eigenvalue weighted by atomic mass is 127. The van der Waals surface area contributed by atoms with E-state index in [1.54, 1.807) is 0 Å². The first-order valence-corrected chi connectivity index (χ1v) is 5.51. The molecule has 1 heterocycles. The maximum absolute atomic E-state index is 2.47. The van der Waals surface area contributed by atoms with Crippen LogP contribution in [0.15, 0.2) is 0 Å². The molecular formula is C5H10I2N2. The highest BCUT2D eigenvalue weighted by Crippen LogP contribution is 2.06. The maximum atomic E-state index is 2.47. The van der Waals surface area contributed by atoms with Crippen molar-refractivity contribution in [1.82, 2.24) is 8.01 Å². The molecule has 0 radical (unpaired) electrons. The van der Waals surface area contributed by atoms with Crippen LogP contribution in [0.5, 0.6) is 0 Å². The van der Waals surface area contributed by atoms with Crippen LogP contribution in [-0.2, 0) is 0 Å². The standard InChI is InChI=1S/C5H10I2N2/c6-5-8-1-3-9(7)4-2-8/h1-5H2. The molecule has 0 aromatic carbocycles. The van der Waals surface area contributed by atoms with E-state index in [0.29, 0.717) is 0 Å². The minimum Gasteiger partial charge on any atom is -0.292 e. The van der Waals surface area contributed by atoms with Gasteiger partial charge in [-0.05, 0) is 0 Å². The van der Waals surface area contributed by atoms with Gasteiger partial charge in [-0.1, -0.05) is 22.6 Å². The summed E-state index contributed by atoms with van der Waals surface area (Å²) in [6.07, 6.45) is 0. The van der Waals surface area contributed by atoms with E-state index >= 15 is 0 Å². The molecule has 0 amide bonds. The van der Waals surface area contributed by atoms with Crippen molar-refractivity contribution in [3.05, 3.63) is 0 Å². The lowest BCUT2D eigenvalue weighted by Crippen LogP contribution is -2.41. The van der Waals surface area contributed by atoms with E-state index in [-0.39, 0.29) is 0 Å². The number of halogens is 2. The van der Waals surface area contributed by atoms with Crippen molar-refractivity contribution in [2.75, 3.05) is 30.7 Å². The van der Waals surface area contributed by atoms with Crippen LogP contribution in [0.1, 0.15) is 0 Å². The smallest absolute Gasteiger partial charge is 0.0506 e. The van der Waals surface area contributed by atoms with Crippen molar-refractivity contribution in [3.63, 3.8) is 0 Å². The van der Waals surface area contributed by atoms with Gasteiger partial charge in [-0.25, -0.2) is 3.11 Å². The zero-order chi connectivity index (χ0) is 6.69. The van der Waals surface area contributed by atoms with Crippen molar-refractivity contribution < 1.29 is 0 Å².